The Hall–Kier alpha value is -2.04. The predicted octanol–water partition coefficient (Wildman–Crippen LogP) is 2.20. The lowest BCUT2D eigenvalue weighted by molar-refractivity contribution is -0.385. The van der Waals surface area contributed by atoms with Gasteiger partial charge in [0.05, 0.1) is 23.8 Å². The number of nitro benzene ring substituents is 1. The van der Waals surface area contributed by atoms with Crippen LogP contribution in [0.15, 0.2) is 28.2 Å². The van der Waals surface area contributed by atoms with Gasteiger partial charge in [0.25, 0.3) is 5.69 Å². The van der Waals surface area contributed by atoms with E-state index in [-0.39, 0.29) is 29.4 Å². The van der Waals surface area contributed by atoms with Crippen molar-refractivity contribution in [2.45, 2.75) is 31.6 Å². The van der Waals surface area contributed by atoms with E-state index in [1.54, 1.807) is 0 Å². The van der Waals surface area contributed by atoms with Gasteiger partial charge in [-0.25, -0.2) is 8.42 Å². The second kappa shape index (κ2) is 8.37. The number of rotatable bonds is 7. The molecule has 0 bridgehead atoms. The van der Waals surface area contributed by atoms with Crippen LogP contribution in [-0.2, 0) is 14.8 Å². The molecule has 0 radical (unpaired) electrons. The Morgan fingerprint density at radius 1 is 1.40 bits per heavy atom. The van der Waals surface area contributed by atoms with Crippen LogP contribution in [0.25, 0.3) is 0 Å². The van der Waals surface area contributed by atoms with Crippen molar-refractivity contribution in [1.29, 1.82) is 0 Å². The topological polar surface area (TPSA) is 114 Å². The van der Waals surface area contributed by atoms with E-state index in [0.717, 1.165) is 24.6 Å². The van der Waals surface area contributed by atoms with Gasteiger partial charge in [-0.3, -0.25) is 15.5 Å². The summed E-state index contributed by atoms with van der Waals surface area (Å²) >= 11 is 0. The lowest BCUT2D eigenvalue weighted by atomic mass is 10.2. The van der Waals surface area contributed by atoms with E-state index in [2.05, 4.69) is 10.5 Å². The van der Waals surface area contributed by atoms with Crippen molar-refractivity contribution < 1.29 is 18.1 Å². The molecule has 1 saturated heterocycles. The first-order valence-corrected chi connectivity index (χ1v) is 9.45. The van der Waals surface area contributed by atoms with E-state index in [1.165, 1.54) is 16.4 Å². The first-order valence-electron chi connectivity index (χ1n) is 8.01. The molecular formula is C15H22N4O5S. The Kier molecular flexibility index (Phi) is 6.45. The van der Waals surface area contributed by atoms with Crippen LogP contribution in [0.5, 0.6) is 0 Å². The fraction of sp³-hybridized carbons (Fsp3) is 0.533. The first kappa shape index (κ1) is 19.3. The molecule has 2 rings (SSSR count). The third-order valence-electron chi connectivity index (χ3n) is 3.74. The zero-order valence-corrected chi connectivity index (χ0v) is 15.1. The quantitative estimate of drug-likeness (QED) is 0.447. The molecule has 0 amide bonds. The summed E-state index contributed by atoms with van der Waals surface area (Å²) in [6, 6.07) is 3.69. The maximum Gasteiger partial charge on any atom is 0.270 e. The largest absolute Gasteiger partial charge is 0.379 e. The average Bonchev–Trinajstić information content (AvgIpc) is 2.60. The predicted molar refractivity (Wildman–Crippen MR) is 94.3 cm³/mol. The first-order chi connectivity index (χ1) is 11.9. The Balaban J connectivity index is 2.42. The SMILES string of the molecule is CCC/C(C)=N\Nc1ccc([N+](=O)[O-])cc1S(=O)(=O)N1CCOCC1. The number of nitrogens with one attached hydrogen (secondary N) is 1. The molecule has 1 aliphatic heterocycles. The van der Waals surface area contributed by atoms with E-state index >= 15 is 0 Å². The molecule has 1 heterocycles. The van der Waals surface area contributed by atoms with Gasteiger partial charge in [0.2, 0.25) is 10.0 Å². The summed E-state index contributed by atoms with van der Waals surface area (Å²) < 4.78 is 32.3. The Bertz CT molecular complexity index is 757. The van der Waals surface area contributed by atoms with Gasteiger partial charge in [-0.1, -0.05) is 13.3 Å². The van der Waals surface area contributed by atoms with Crippen LogP contribution < -0.4 is 5.43 Å². The number of nitro groups is 1. The Morgan fingerprint density at radius 3 is 2.68 bits per heavy atom. The minimum atomic E-state index is -3.89. The zero-order valence-electron chi connectivity index (χ0n) is 14.3. The number of sulfonamides is 1. The van der Waals surface area contributed by atoms with Crippen molar-refractivity contribution in [3.05, 3.63) is 28.3 Å². The molecule has 25 heavy (non-hydrogen) atoms. The number of hydrogen-bond donors (Lipinski definition) is 1. The van der Waals surface area contributed by atoms with Gasteiger partial charge in [-0.15, -0.1) is 0 Å². The van der Waals surface area contributed by atoms with Crippen LogP contribution in [0.2, 0.25) is 0 Å². The number of hydrogen-bond acceptors (Lipinski definition) is 7. The van der Waals surface area contributed by atoms with Crippen LogP contribution >= 0.6 is 0 Å². The summed E-state index contributed by atoms with van der Waals surface area (Å²) in [5.74, 6) is 0. The molecular weight excluding hydrogens is 348 g/mol. The molecule has 1 aromatic rings. The second-order valence-electron chi connectivity index (χ2n) is 5.66. The number of ether oxygens (including phenoxy) is 1. The number of non-ortho nitro benzene ring substituents is 1. The summed E-state index contributed by atoms with van der Waals surface area (Å²) in [5.41, 5.74) is 3.48. The second-order valence-corrected chi connectivity index (χ2v) is 7.57. The smallest absolute Gasteiger partial charge is 0.270 e. The third kappa shape index (κ3) is 4.74. The lowest BCUT2D eigenvalue weighted by Gasteiger charge is -2.26. The van der Waals surface area contributed by atoms with Crippen molar-refractivity contribution in [2.24, 2.45) is 5.10 Å². The maximum absolute atomic E-state index is 12.9. The standard InChI is InChI=1S/C15H22N4O5S/c1-3-4-12(2)16-17-14-6-5-13(19(20)21)11-15(14)25(22,23)18-7-9-24-10-8-18/h5-6,11,17H,3-4,7-10H2,1-2H3/b16-12-. The molecule has 0 spiro atoms. The molecule has 10 heteroatoms. The summed E-state index contributed by atoms with van der Waals surface area (Å²) in [4.78, 5) is 10.3. The fourth-order valence-electron chi connectivity index (χ4n) is 2.43. The van der Waals surface area contributed by atoms with Gasteiger partial charge >= 0.3 is 0 Å². The Morgan fingerprint density at radius 2 is 2.08 bits per heavy atom. The molecule has 1 fully saturated rings. The number of hydrazone groups is 1. The summed E-state index contributed by atoms with van der Waals surface area (Å²) in [6.07, 6.45) is 1.68. The molecule has 0 aromatic heterocycles. The molecule has 1 aromatic carbocycles. The normalized spacial score (nSPS) is 16.6. The van der Waals surface area contributed by atoms with Gasteiger partial charge in [-0.05, 0) is 19.4 Å². The van der Waals surface area contributed by atoms with Gasteiger partial charge in [0.15, 0.2) is 0 Å². The minimum Gasteiger partial charge on any atom is -0.379 e. The number of nitrogens with zero attached hydrogens (tertiary/aromatic N) is 3. The van der Waals surface area contributed by atoms with Crippen LogP contribution in [0.3, 0.4) is 0 Å². The van der Waals surface area contributed by atoms with E-state index in [4.69, 9.17) is 4.74 Å². The average molecular weight is 370 g/mol. The molecule has 0 atom stereocenters. The van der Waals surface area contributed by atoms with Gasteiger partial charge in [0, 0.05) is 30.9 Å². The maximum atomic E-state index is 12.9. The van der Waals surface area contributed by atoms with Crippen LogP contribution in [-0.4, -0.2) is 49.7 Å². The molecule has 0 aliphatic carbocycles. The molecule has 1 aliphatic rings. The highest BCUT2D eigenvalue weighted by Gasteiger charge is 2.30. The summed E-state index contributed by atoms with van der Waals surface area (Å²) in [6.45, 7) is 4.86. The van der Waals surface area contributed by atoms with E-state index < -0.39 is 14.9 Å². The van der Waals surface area contributed by atoms with Crippen molar-refractivity contribution in [3.63, 3.8) is 0 Å². The van der Waals surface area contributed by atoms with Crippen LogP contribution in [0.4, 0.5) is 11.4 Å². The number of benzene rings is 1. The highest BCUT2D eigenvalue weighted by Crippen LogP contribution is 2.29. The molecule has 138 valence electrons. The highest BCUT2D eigenvalue weighted by atomic mass is 32.2. The highest BCUT2D eigenvalue weighted by molar-refractivity contribution is 7.89. The van der Waals surface area contributed by atoms with E-state index in [1.807, 2.05) is 13.8 Å². The van der Waals surface area contributed by atoms with Crippen molar-refractivity contribution in [2.75, 3.05) is 31.7 Å². The summed E-state index contributed by atoms with van der Waals surface area (Å²) in [5, 5.41) is 15.2. The molecule has 9 nitrogen and oxygen atoms in total. The number of anilines is 1. The minimum absolute atomic E-state index is 0.156. The van der Waals surface area contributed by atoms with Gasteiger partial charge in [0.1, 0.15) is 4.90 Å². The molecule has 1 N–H and O–H groups in total. The zero-order chi connectivity index (χ0) is 18.4. The Labute approximate surface area is 146 Å². The van der Waals surface area contributed by atoms with Crippen molar-refractivity contribution in [3.8, 4) is 0 Å². The monoisotopic (exact) mass is 370 g/mol. The van der Waals surface area contributed by atoms with E-state index in [0.29, 0.717) is 13.2 Å². The van der Waals surface area contributed by atoms with Crippen LogP contribution in [0, 0.1) is 10.1 Å². The van der Waals surface area contributed by atoms with Crippen molar-refractivity contribution in [1.82, 2.24) is 4.31 Å². The third-order valence-corrected chi connectivity index (χ3v) is 5.68. The van der Waals surface area contributed by atoms with Gasteiger partial charge in [-0.2, -0.15) is 9.41 Å². The molecule has 0 unspecified atom stereocenters. The fourth-order valence-corrected chi connectivity index (χ4v) is 4.00. The van der Waals surface area contributed by atoms with Crippen LogP contribution in [0.1, 0.15) is 26.7 Å². The van der Waals surface area contributed by atoms with Gasteiger partial charge < -0.3 is 4.74 Å². The summed E-state index contributed by atoms with van der Waals surface area (Å²) in [7, 11) is -3.89. The number of morpholine rings is 1. The lowest BCUT2D eigenvalue weighted by Crippen LogP contribution is -2.40. The van der Waals surface area contributed by atoms with E-state index in [9.17, 15) is 18.5 Å². The van der Waals surface area contributed by atoms with Crippen molar-refractivity contribution >= 4 is 27.1 Å². The molecule has 0 saturated carbocycles.